The molecule has 0 aliphatic carbocycles. The Morgan fingerprint density at radius 2 is 1.70 bits per heavy atom. The van der Waals surface area contributed by atoms with Crippen molar-refractivity contribution in [2.24, 2.45) is 0 Å². The van der Waals surface area contributed by atoms with Crippen LogP contribution in [0.3, 0.4) is 0 Å². The molecule has 2 aromatic rings. The average Bonchev–Trinajstić information content (AvgIpc) is 2.48. The molecule has 3 rings (SSSR count). The van der Waals surface area contributed by atoms with Crippen LogP contribution in [0.15, 0.2) is 54.6 Å². The molecular formula is C17H16ClNO. The molecule has 0 bridgehead atoms. The van der Waals surface area contributed by atoms with Crippen molar-refractivity contribution in [3.05, 3.63) is 70.7 Å². The maximum Gasteiger partial charge on any atom is 0.220 e. The van der Waals surface area contributed by atoms with E-state index in [2.05, 4.69) is 23.5 Å². The summed E-state index contributed by atoms with van der Waals surface area (Å²) in [6.45, 7) is 0.665. The fourth-order valence-corrected chi connectivity index (χ4v) is 3.12. The highest BCUT2D eigenvalue weighted by atomic mass is 35.5. The summed E-state index contributed by atoms with van der Waals surface area (Å²) < 4.78 is 0. The van der Waals surface area contributed by atoms with Crippen molar-refractivity contribution in [3.8, 4) is 0 Å². The van der Waals surface area contributed by atoms with E-state index in [1.807, 2.05) is 36.4 Å². The van der Waals surface area contributed by atoms with E-state index < -0.39 is 0 Å². The summed E-state index contributed by atoms with van der Waals surface area (Å²) in [4.78, 5) is 11.8. The molecule has 0 unspecified atom stereocenters. The van der Waals surface area contributed by atoms with E-state index in [1.54, 1.807) is 0 Å². The van der Waals surface area contributed by atoms with Crippen LogP contribution in [0.25, 0.3) is 0 Å². The van der Waals surface area contributed by atoms with Gasteiger partial charge in [0.25, 0.3) is 0 Å². The van der Waals surface area contributed by atoms with Crippen molar-refractivity contribution in [1.82, 2.24) is 5.32 Å². The first-order valence-electron chi connectivity index (χ1n) is 6.81. The highest BCUT2D eigenvalue weighted by Gasteiger charge is 2.31. The van der Waals surface area contributed by atoms with E-state index in [1.165, 1.54) is 11.1 Å². The Morgan fingerprint density at radius 1 is 0.950 bits per heavy atom. The normalized spacial score (nSPS) is 22.4. The van der Waals surface area contributed by atoms with Gasteiger partial charge in [-0.25, -0.2) is 0 Å². The maximum absolute atomic E-state index is 11.8. The minimum atomic E-state index is 0.122. The van der Waals surface area contributed by atoms with Gasteiger partial charge in [-0.1, -0.05) is 54.1 Å². The van der Waals surface area contributed by atoms with Crippen molar-refractivity contribution < 1.29 is 4.79 Å². The summed E-state index contributed by atoms with van der Waals surface area (Å²) >= 11 is 6.10. The van der Waals surface area contributed by atoms with Crippen LogP contribution in [0, 0.1) is 0 Å². The van der Waals surface area contributed by atoms with E-state index in [4.69, 9.17) is 11.6 Å². The van der Waals surface area contributed by atoms with Gasteiger partial charge < -0.3 is 5.32 Å². The fraction of sp³-hybridized carbons (Fsp3) is 0.235. The minimum absolute atomic E-state index is 0.122. The van der Waals surface area contributed by atoms with Gasteiger partial charge in [-0.05, 0) is 23.3 Å². The summed E-state index contributed by atoms with van der Waals surface area (Å²) in [5.74, 6) is 0.606. The molecule has 0 aromatic heterocycles. The maximum atomic E-state index is 11.8. The van der Waals surface area contributed by atoms with Crippen LogP contribution in [0.1, 0.15) is 29.4 Å². The highest BCUT2D eigenvalue weighted by molar-refractivity contribution is 6.30. The molecule has 1 fully saturated rings. The Hall–Kier alpha value is -1.80. The Labute approximate surface area is 123 Å². The van der Waals surface area contributed by atoms with Crippen LogP contribution in [0.5, 0.6) is 0 Å². The lowest BCUT2D eigenvalue weighted by Crippen LogP contribution is -2.38. The van der Waals surface area contributed by atoms with Crippen molar-refractivity contribution in [3.63, 3.8) is 0 Å². The predicted molar refractivity (Wildman–Crippen MR) is 81.0 cm³/mol. The van der Waals surface area contributed by atoms with Crippen LogP contribution in [-0.2, 0) is 4.79 Å². The SMILES string of the molecule is O=C1C[C@H](c2ccccc2)[C@H](c2cccc(Cl)c2)CN1. The number of amides is 1. The molecule has 1 aliphatic rings. The fourth-order valence-electron chi connectivity index (χ4n) is 2.92. The second kappa shape index (κ2) is 5.68. The number of hydrogen-bond acceptors (Lipinski definition) is 1. The topological polar surface area (TPSA) is 29.1 Å². The summed E-state index contributed by atoms with van der Waals surface area (Å²) in [5, 5.41) is 3.71. The van der Waals surface area contributed by atoms with Gasteiger partial charge in [-0.3, -0.25) is 4.79 Å². The third-order valence-corrected chi connectivity index (χ3v) is 4.15. The molecule has 1 N–H and O–H groups in total. The molecule has 20 heavy (non-hydrogen) atoms. The number of carbonyl (C=O) groups is 1. The Bertz CT molecular complexity index is 611. The minimum Gasteiger partial charge on any atom is -0.355 e. The number of benzene rings is 2. The lowest BCUT2D eigenvalue weighted by atomic mass is 9.77. The lowest BCUT2D eigenvalue weighted by Gasteiger charge is -2.32. The van der Waals surface area contributed by atoms with E-state index >= 15 is 0 Å². The van der Waals surface area contributed by atoms with Gasteiger partial charge in [0, 0.05) is 29.8 Å². The largest absolute Gasteiger partial charge is 0.355 e. The number of piperidine rings is 1. The standard InChI is InChI=1S/C17H16ClNO/c18-14-8-4-7-13(9-14)16-11-19-17(20)10-15(16)12-5-2-1-3-6-12/h1-9,15-16H,10-11H2,(H,19,20)/t15-,16+/m1/s1. The predicted octanol–water partition coefficient (Wildman–Crippen LogP) is 3.73. The van der Waals surface area contributed by atoms with Crippen LogP contribution in [0.2, 0.25) is 5.02 Å². The first kappa shape index (κ1) is 13.2. The smallest absolute Gasteiger partial charge is 0.220 e. The van der Waals surface area contributed by atoms with E-state index in [0.29, 0.717) is 13.0 Å². The second-order valence-electron chi connectivity index (χ2n) is 5.19. The molecular weight excluding hydrogens is 270 g/mol. The van der Waals surface area contributed by atoms with Gasteiger partial charge >= 0.3 is 0 Å². The summed E-state index contributed by atoms with van der Waals surface area (Å²) in [6.07, 6.45) is 0.529. The zero-order valence-corrected chi connectivity index (χ0v) is 11.8. The number of hydrogen-bond donors (Lipinski definition) is 1. The molecule has 2 aromatic carbocycles. The van der Waals surface area contributed by atoms with Gasteiger partial charge in [-0.15, -0.1) is 0 Å². The molecule has 0 saturated carbocycles. The number of rotatable bonds is 2. The average molecular weight is 286 g/mol. The molecule has 102 valence electrons. The Balaban J connectivity index is 1.97. The first-order chi connectivity index (χ1) is 9.74. The quantitative estimate of drug-likeness (QED) is 0.895. The van der Waals surface area contributed by atoms with Crippen LogP contribution < -0.4 is 5.32 Å². The van der Waals surface area contributed by atoms with Crippen LogP contribution in [0.4, 0.5) is 0 Å². The molecule has 2 atom stereocenters. The van der Waals surface area contributed by atoms with Gasteiger partial charge in [0.15, 0.2) is 0 Å². The van der Waals surface area contributed by atoms with Gasteiger partial charge in [0.05, 0.1) is 0 Å². The van der Waals surface area contributed by atoms with Crippen LogP contribution >= 0.6 is 11.6 Å². The molecule has 1 aliphatic heterocycles. The van der Waals surface area contributed by atoms with Gasteiger partial charge in [0.1, 0.15) is 0 Å². The number of halogens is 1. The van der Waals surface area contributed by atoms with Crippen molar-refractivity contribution >= 4 is 17.5 Å². The number of carbonyl (C=O) groups excluding carboxylic acids is 1. The van der Waals surface area contributed by atoms with Crippen LogP contribution in [-0.4, -0.2) is 12.5 Å². The van der Waals surface area contributed by atoms with Crippen molar-refractivity contribution in [2.45, 2.75) is 18.3 Å². The molecule has 0 spiro atoms. The molecule has 1 saturated heterocycles. The first-order valence-corrected chi connectivity index (χ1v) is 7.19. The third kappa shape index (κ3) is 2.70. The second-order valence-corrected chi connectivity index (χ2v) is 5.62. The molecule has 0 radical (unpaired) electrons. The number of nitrogens with one attached hydrogen (secondary N) is 1. The van der Waals surface area contributed by atoms with Crippen molar-refractivity contribution in [2.75, 3.05) is 6.54 Å². The molecule has 3 heteroatoms. The lowest BCUT2D eigenvalue weighted by molar-refractivity contribution is -0.122. The zero-order valence-electron chi connectivity index (χ0n) is 11.1. The molecule has 1 amide bonds. The van der Waals surface area contributed by atoms with E-state index in [0.717, 1.165) is 5.02 Å². The summed E-state index contributed by atoms with van der Waals surface area (Å²) in [5.41, 5.74) is 2.40. The highest BCUT2D eigenvalue weighted by Crippen LogP contribution is 2.38. The summed E-state index contributed by atoms with van der Waals surface area (Å²) in [6, 6.07) is 18.2. The molecule has 2 nitrogen and oxygen atoms in total. The Morgan fingerprint density at radius 3 is 2.45 bits per heavy atom. The van der Waals surface area contributed by atoms with Crippen molar-refractivity contribution in [1.29, 1.82) is 0 Å². The summed E-state index contributed by atoms with van der Waals surface area (Å²) in [7, 11) is 0. The zero-order chi connectivity index (χ0) is 13.9. The van der Waals surface area contributed by atoms with Gasteiger partial charge in [0.2, 0.25) is 5.91 Å². The third-order valence-electron chi connectivity index (χ3n) is 3.91. The van der Waals surface area contributed by atoms with E-state index in [-0.39, 0.29) is 17.7 Å². The van der Waals surface area contributed by atoms with E-state index in [9.17, 15) is 4.79 Å². The van der Waals surface area contributed by atoms with Gasteiger partial charge in [-0.2, -0.15) is 0 Å². The monoisotopic (exact) mass is 285 g/mol. The Kier molecular flexibility index (Phi) is 3.75. The molecule has 1 heterocycles.